The van der Waals surface area contributed by atoms with Gasteiger partial charge < -0.3 is 16.2 Å². The summed E-state index contributed by atoms with van der Waals surface area (Å²) in [5.41, 5.74) is 7.37. The first-order valence-electron chi connectivity index (χ1n) is 4.83. The zero-order valence-corrected chi connectivity index (χ0v) is 9.74. The Morgan fingerprint density at radius 2 is 2.31 bits per heavy atom. The van der Waals surface area contributed by atoms with Gasteiger partial charge in [0.2, 0.25) is 0 Å². The first kappa shape index (κ1) is 12.6. The molecular weight excluding hydrogens is 228 g/mol. The molecule has 0 saturated heterocycles. The summed E-state index contributed by atoms with van der Waals surface area (Å²) in [6, 6.07) is 5.69. The zero-order chi connectivity index (χ0) is 10.8. The van der Waals surface area contributed by atoms with Crippen LogP contribution in [0.15, 0.2) is 24.4 Å². The maximum Gasteiger partial charge on any atom is 0.172 e. The summed E-state index contributed by atoms with van der Waals surface area (Å²) >= 11 is 0. The molecule has 0 fully saturated rings. The van der Waals surface area contributed by atoms with Gasteiger partial charge in [-0.2, -0.15) is 0 Å². The molecular formula is C10H15ClN4O. The van der Waals surface area contributed by atoms with Crippen LogP contribution in [0.2, 0.25) is 0 Å². The Morgan fingerprint density at radius 3 is 2.94 bits per heavy atom. The van der Waals surface area contributed by atoms with Crippen molar-refractivity contribution in [3.8, 4) is 0 Å². The lowest BCUT2D eigenvalue weighted by molar-refractivity contribution is 0.208. The lowest BCUT2D eigenvalue weighted by Gasteiger charge is -2.05. The molecule has 16 heavy (non-hydrogen) atoms. The maximum atomic E-state index is 9.14. The first-order chi connectivity index (χ1) is 7.18. The van der Waals surface area contributed by atoms with E-state index in [0.29, 0.717) is 18.1 Å². The van der Waals surface area contributed by atoms with Gasteiger partial charge in [0.15, 0.2) is 5.82 Å². The zero-order valence-electron chi connectivity index (χ0n) is 8.92. The molecule has 2 heterocycles. The number of nitrogen functional groups attached to an aromatic ring is 1. The van der Waals surface area contributed by atoms with Crippen LogP contribution >= 0.6 is 12.4 Å². The lowest BCUT2D eigenvalue weighted by atomic mass is 10.3. The first-order valence-corrected chi connectivity index (χ1v) is 4.83. The number of anilines is 2. The summed E-state index contributed by atoms with van der Waals surface area (Å²) in [6.07, 6.45) is 1.41. The molecule has 0 aromatic carbocycles. The molecule has 2 aromatic heterocycles. The summed E-state index contributed by atoms with van der Waals surface area (Å²) < 4.78 is 1.71. The number of nitrogens with two attached hydrogens (primary N) is 1. The number of rotatable bonds is 3. The van der Waals surface area contributed by atoms with E-state index in [0.717, 1.165) is 5.52 Å². The molecule has 1 unspecified atom stereocenters. The number of aromatic nitrogens is 2. The average Bonchev–Trinajstić information content (AvgIpc) is 2.54. The lowest BCUT2D eigenvalue weighted by Crippen LogP contribution is -2.16. The highest BCUT2D eigenvalue weighted by molar-refractivity contribution is 5.85. The quantitative estimate of drug-likeness (QED) is 0.754. The number of hydrogen-bond acceptors (Lipinski definition) is 4. The van der Waals surface area contributed by atoms with Crippen LogP contribution in [0, 0.1) is 0 Å². The largest absolute Gasteiger partial charge is 0.394 e. The van der Waals surface area contributed by atoms with Crippen molar-refractivity contribution in [3.05, 3.63) is 24.4 Å². The second kappa shape index (κ2) is 5.05. The van der Waals surface area contributed by atoms with E-state index in [2.05, 4.69) is 10.4 Å². The highest BCUT2D eigenvalue weighted by Crippen LogP contribution is 2.22. The van der Waals surface area contributed by atoms with E-state index in [9.17, 15) is 0 Å². The van der Waals surface area contributed by atoms with Crippen LogP contribution < -0.4 is 11.1 Å². The Hall–Kier alpha value is -1.46. The number of aliphatic hydroxyl groups is 1. The number of fused-ring (bicyclic) bond motifs is 1. The Labute approximate surface area is 99.7 Å². The number of hydrogen-bond donors (Lipinski definition) is 3. The van der Waals surface area contributed by atoms with Crippen LogP contribution in [0.1, 0.15) is 6.92 Å². The maximum absolute atomic E-state index is 9.14. The number of halogens is 1. The molecule has 0 spiro atoms. The van der Waals surface area contributed by atoms with E-state index in [1.807, 2.05) is 24.4 Å². The molecule has 0 aliphatic carbocycles. The van der Waals surface area contributed by atoms with Crippen molar-refractivity contribution in [2.75, 3.05) is 17.6 Å². The fourth-order valence-corrected chi connectivity index (χ4v) is 1.39. The van der Waals surface area contributed by atoms with E-state index in [1.165, 1.54) is 0 Å². The van der Waals surface area contributed by atoms with E-state index < -0.39 is 6.10 Å². The van der Waals surface area contributed by atoms with Gasteiger partial charge in [-0.25, -0.2) is 4.52 Å². The molecule has 6 heteroatoms. The normalized spacial score (nSPS) is 12.1. The van der Waals surface area contributed by atoms with Gasteiger partial charge in [-0.1, -0.05) is 6.07 Å². The van der Waals surface area contributed by atoms with E-state index in [-0.39, 0.29) is 12.4 Å². The van der Waals surface area contributed by atoms with Gasteiger partial charge in [0.05, 0.1) is 11.6 Å². The van der Waals surface area contributed by atoms with Crippen molar-refractivity contribution in [2.45, 2.75) is 13.0 Å². The molecule has 5 nitrogen and oxygen atoms in total. The standard InChI is InChI=1S/C10H14N4O.ClH/c1-7(15)6-12-10-9(11)8-4-2-3-5-14(8)13-10;/h2-5,7,15H,6,11H2,1H3,(H,12,13);1H. The summed E-state index contributed by atoms with van der Waals surface area (Å²) in [5.74, 6) is 0.613. The molecule has 4 N–H and O–H groups in total. The van der Waals surface area contributed by atoms with Gasteiger partial charge in [-0.05, 0) is 19.1 Å². The topological polar surface area (TPSA) is 75.6 Å². The third-order valence-corrected chi connectivity index (χ3v) is 2.14. The Kier molecular flexibility index (Phi) is 3.98. The SMILES string of the molecule is CC(O)CNc1nn2ccccc2c1N.Cl. The Bertz CT molecular complexity index is 469. The summed E-state index contributed by atoms with van der Waals surface area (Å²) in [6.45, 7) is 2.15. The molecule has 0 bridgehead atoms. The second-order valence-electron chi connectivity index (χ2n) is 3.52. The number of nitrogens with zero attached hydrogens (tertiary/aromatic N) is 2. The van der Waals surface area contributed by atoms with Gasteiger partial charge in [-0.3, -0.25) is 0 Å². The molecule has 0 amide bonds. The van der Waals surface area contributed by atoms with Crippen molar-refractivity contribution in [3.63, 3.8) is 0 Å². The number of aliphatic hydroxyl groups excluding tert-OH is 1. The van der Waals surface area contributed by atoms with Crippen LogP contribution in [-0.4, -0.2) is 27.4 Å². The Balaban J connectivity index is 0.00000128. The van der Waals surface area contributed by atoms with Gasteiger partial charge in [-0.15, -0.1) is 17.5 Å². The summed E-state index contributed by atoms with van der Waals surface area (Å²) in [7, 11) is 0. The van der Waals surface area contributed by atoms with Gasteiger partial charge in [0.25, 0.3) is 0 Å². The van der Waals surface area contributed by atoms with Crippen molar-refractivity contribution in [2.24, 2.45) is 0 Å². The van der Waals surface area contributed by atoms with Crippen LogP contribution in [0.5, 0.6) is 0 Å². The molecule has 2 aromatic rings. The van der Waals surface area contributed by atoms with Crippen molar-refractivity contribution in [1.82, 2.24) is 9.61 Å². The van der Waals surface area contributed by atoms with Crippen LogP contribution in [0.25, 0.3) is 5.52 Å². The monoisotopic (exact) mass is 242 g/mol. The average molecular weight is 243 g/mol. The van der Waals surface area contributed by atoms with E-state index in [4.69, 9.17) is 10.8 Å². The molecule has 0 saturated carbocycles. The van der Waals surface area contributed by atoms with Crippen molar-refractivity contribution < 1.29 is 5.11 Å². The molecule has 0 aliphatic heterocycles. The fourth-order valence-electron chi connectivity index (χ4n) is 1.39. The molecule has 2 rings (SSSR count). The molecule has 88 valence electrons. The second-order valence-corrected chi connectivity index (χ2v) is 3.52. The Morgan fingerprint density at radius 1 is 1.56 bits per heavy atom. The third kappa shape index (κ3) is 2.37. The number of pyridine rings is 1. The number of nitrogens with one attached hydrogen (secondary N) is 1. The van der Waals surface area contributed by atoms with Crippen LogP contribution in [0.4, 0.5) is 11.5 Å². The van der Waals surface area contributed by atoms with Crippen molar-refractivity contribution in [1.29, 1.82) is 0 Å². The van der Waals surface area contributed by atoms with Gasteiger partial charge in [0.1, 0.15) is 5.69 Å². The van der Waals surface area contributed by atoms with Gasteiger partial charge in [0, 0.05) is 12.7 Å². The van der Waals surface area contributed by atoms with Gasteiger partial charge >= 0.3 is 0 Å². The van der Waals surface area contributed by atoms with E-state index in [1.54, 1.807) is 11.4 Å². The minimum atomic E-state index is -0.422. The minimum Gasteiger partial charge on any atom is -0.394 e. The molecule has 1 atom stereocenters. The van der Waals surface area contributed by atoms with Crippen molar-refractivity contribution >= 4 is 29.4 Å². The predicted molar refractivity (Wildman–Crippen MR) is 67.0 cm³/mol. The summed E-state index contributed by atoms with van der Waals surface area (Å²) in [5, 5.41) is 16.4. The summed E-state index contributed by atoms with van der Waals surface area (Å²) in [4.78, 5) is 0. The predicted octanol–water partition coefficient (Wildman–Crippen LogP) is 1.13. The fraction of sp³-hybridized carbons (Fsp3) is 0.300. The highest BCUT2D eigenvalue weighted by Gasteiger charge is 2.08. The highest BCUT2D eigenvalue weighted by atomic mass is 35.5. The molecule has 0 radical (unpaired) electrons. The third-order valence-electron chi connectivity index (χ3n) is 2.14. The van der Waals surface area contributed by atoms with Crippen LogP contribution in [-0.2, 0) is 0 Å². The molecule has 0 aliphatic rings. The minimum absolute atomic E-state index is 0. The van der Waals surface area contributed by atoms with E-state index >= 15 is 0 Å². The van der Waals surface area contributed by atoms with Crippen LogP contribution in [0.3, 0.4) is 0 Å². The smallest absolute Gasteiger partial charge is 0.172 e.